The van der Waals surface area contributed by atoms with Gasteiger partial charge in [0, 0.05) is 28.9 Å². The van der Waals surface area contributed by atoms with Crippen molar-refractivity contribution in [2.24, 2.45) is 0 Å². The summed E-state index contributed by atoms with van der Waals surface area (Å²) in [4.78, 5) is 48.6. The van der Waals surface area contributed by atoms with Gasteiger partial charge in [0.2, 0.25) is 5.91 Å². The van der Waals surface area contributed by atoms with E-state index in [1.165, 1.54) is 39.3 Å². The van der Waals surface area contributed by atoms with Crippen LogP contribution in [0.15, 0.2) is 65.8 Å². The molecule has 0 spiro atoms. The summed E-state index contributed by atoms with van der Waals surface area (Å²) < 4.78 is 17.6. The van der Waals surface area contributed by atoms with Gasteiger partial charge in [-0.1, -0.05) is 17.8 Å². The Labute approximate surface area is 262 Å². The minimum absolute atomic E-state index is 0.0523. The van der Waals surface area contributed by atoms with Crippen LogP contribution in [0.25, 0.3) is 5.69 Å². The molecule has 1 heterocycles. The van der Waals surface area contributed by atoms with Crippen LogP contribution < -0.4 is 20.1 Å². The van der Waals surface area contributed by atoms with Crippen LogP contribution in [0.5, 0.6) is 11.5 Å². The van der Waals surface area contributed by atoms with Crippen LogP contribution in [0.1, 0.15) is 39.0 Å². The zero-order valence-corrected chi connectivity index (χ0v) is 25.7. The smallest absolute Gasteiger partial charge is 0.338 e. The Hall–Kier alpha value is -5.44. The quantitative estimate of drug-likeness (QED) is 0.0926. The lowest BCUT2D eigenvalue weighted by atomic mass is 10.1. The van der Waals surface area contributed by atoms with Crippen molar-refractivity contribution < 1.29 is 33.5 Å². The molecule has 0 atom stereocenters. The second-order valence-electron chi connectivity index (χ2n) is 9.30. The minimum Gasteiger partial charge on any atom is -0.497 e. The second kappa shape index (κ2) is 14.8. The van der Waals surface area contributed by atoms with Crippen LogP contribution in [-0.2, 0) is 16.1 Å². The molecular formula is C30H30N6O8S. The third-order valence-electron chi connectivity index (χ3n) is 6.49. The molecule has 0 aliphatic carbocycles. The molecule has 0 unspecified atom stereocenters. The van der Waals surface area contributed by atoms with Crippen LogP contribution in [0.4, 0.5) is 11.4 Å². The number of benzene rings is 3. The first kappa shape index (κ1) is 32.5. The number of nitrogens with zero attached hydrogens (tertiary/aromatic N) is 4. The minimum atomic E-state index is -0.546. The van der Waals surface area contributed by atoms with Crippen LogP contribution in [0.3, 0.4) is 0 Å². The monoisotopic (exact) mass is 634 g/mol. The van der Waals surface area contributed by atoms with E-state index >= 15 is 0 Å². The van der Waals surface area contributed by atoms with Gasteiger partial charge in [0.15, 0.2) is 11.0 Å². The zero-order chi connectivity index (χ0) is 32.5. The SMILES string of the molecule is CCOC(=O)c1ccc(NC(=O)CSc2nnc(CNC(=O)c3cccc([N+](=O)[O-])c3C)n2-c2cc(OC)ccc2OC)cc1. The van der Waals surface area contributed by atoms with Crippen molar-refractivity contribution in [3.05, 3.63) is 93.3 Å². The summed E-state index contributed by atoms with van der Waals surface area (Å²) in [5.74, 6) is -0.116. The molecule has 0 radical (unpaired) electrons. The van der Waals surface area contributed by atoms with E-state index in [9.17, 15) is 24.5 Å². The van der Waals surface area contributed by atoms with E-state index in [0.29, 0.717) is 39.4 Å². The second-order valence-corrected chi connectivity index (χ2v) is 10.2. The number of thioether (sulfide) groups is 1. The molecular weight excluding hydrogens is 604 g/mol. The largest absolute Gasteiger partial charge is 0.497 e. The number of hydrogen-bond acceptors (Lipinski definition) is 11. The third-order valence-corrected chi connectivity index (χ3v) is 7.42. The molecule has 0 aliphatic heterocycles. The summed E-state index contributed by atoms with van der Waals surface area (Å²) in [6.45, 7) is 3.38. The molecule has 2 N–H and O–H groups in total. The van der Waals surface area contributed by atoms with Crippen LogP contribution in [-0.4, -0.2) is 64.1 Å². The summed E-state index contributed by atoms with van der Waals surface area (Å²) in [6, 6.07) is 15.7. The first-order chi connectivity index (χ1) is 21.7. The predicted molar refractivity (Wildman–Crippen MR) is 165 cm³/mol. The molecule has 0 bridgehead atoms. The standard InChI is InChI=1S/C30H30N6O8S/c1-5-44-29(39)19-9-11-20(12-10-19)32-27(37)17-45-30-34-33-26(35(30)24-15-21(42-3)13-14-25(24)43-4)16-31-28(38)22-7-6-8-23(18(22)2)36(40)41/h6-15H,5,16-17H2,1-4H3,(H,31,38)(H,32,37). The van der Waals surface area contributed by atoms with E-state index in [-0.39, 0.29) is 41.6 Å². The van der Waals surface area contributed by atoms with Crippen molar-refractivity contribution in [1.29, 1.82) is 0 Å². The molecule has 2 amide bonds. The summed E-state index contributed by atoms with van der Waals surface area (Å²) in [5.41, 5.74) is 1.56. The number of ether oxygens (including phenoxy) is 3. The normalized spacial score (nSPS) is 10.6. The number of methoxy groups -OCH3 is 2. The number of aromatic nitrogens is 3. The van der Waals surface area contributed by atoms with Gasteiger partial charge in [-0.3, -0.25) is 24.3 Å². The number of hydrogen-bond donors (Lipinski definition) is 2. The number of nitro benzene ring substituents is 1. The fourth-order valence-electron chi connectivity index (χ4n) is 4.27. The number of rotatable bonds is 13. The lowest BCUT2D eigenvalue weighted by Gasteiger charge is -2.15. The van der Waals surface area contributed by atoms with Crippen molar-refractivity contribution in [1.82, 2.24) is 20.1 Å². The molecule has 15 heteroatoms. The lowest BCUT2D eigenvalue weighted by molar-refractivity contribution is -0.385. The summed E-state index contributed by atoms with van der Waals surface area (Å²) in [5, 5.41) is 25.7. The Morgan fingerprint density at radius 3 is 2.44 bits per heavy atom. The van der Waals surface area contributed by atoms with Gasteiger partial charge in [0.1, 0.15) is 11.5 Å². The summed E-state index contributed by atoms with van der Waals surface area (Å²) in [6.07, 6.45) is 0. The highest BCUT2D eigenvalue weighted by Crippen LogP contribution is 2.32. The third kappa shape index (κ3) is 7.75. The van der Waals surface area contributed by atoms with Gasteiger partial charge in [-0.05, 0) is 56.3 Å². The number of carbonyl (C=O) groups is 3. The maximum absolute atomic E-state index is 13.1. The first-order valence-corrected chi connectivity index (χ1v) is 14.5. The number of anilines is 1. The number of nitrogens with one attached hydrogen (secondary N) is 2. The Balaban J connectivity index is 1.56. The van der Waals surface area contributed by atoms with Crippen molar-refractivity contribution >= 4 is 40.9 Å². The number of nitro groups is 1. The fourth-order valence-corrected chi connectivity index (χ4v) is 5.04. The molecule has 4 rings (SSSR count). The average Bonchev–Trinajstić information content (AvgIpc) is 3.45. The molecule has 0 aliphatic rings. The van der Waals surface area contributed by atoms with E-state index in [0.717, 1.165) is 11.8 Å². The van der Waals surface area contributed by atoms with Gasteiger partial charge in [-0.2, -0.15) is 0 Å². The highest BCUT2D eigenvalue weighted by atomic mass is 32.2. The highest BCUT2D eigenvalue weighted by Gasteiger charge is 2.22. The zero-order valence-electron chi connectivity index (χ0n) is 24.9. The number of carbonyl (C=O) groups excluding carboxylic acids is 3. The molecule has 234 valence electrons. The van der Waals surface area contributed by atoms with Gasteiger partial charge < -0.3 is 24.8 Å². The van der Waals surface area contributed by atoms with Gasteiger partial charge in [0.05, 0.1) is 49.3 Å². The topological polar surface area (TPSA) is 177 Å². The van der Waals surface area contributed by atoms with Gasteiger partial charge in [-0.15, -0.1) is 10.2 Å². The van der Waals surface area contributed by atoms with E-state index in [2.05, 4.69) is 20.8 Å². The van der Waals surface area contributed by atoms with Gasteiger partial charge >= 0.3 is 5.97 Å². The molecule has 1 aromatic heterocycles. The van der Waals surface area contributed by atoms with Crippen molar-refractivity contribution in [2.75, 3.05) is 31.9 Å². The van der Waals surface area contributed by atoms with Gasteiger partial charge in [0.25, 0.3) is 11.6 Å². The van der Waals surface area contributed by atoms with Crippen LogP contribution >= 0.6 is 11.8 Å². The summed E-state index contributed by atoms with van der Waals surface area (Å²) >= 11 is 1.09. The van der Waals surface area contributed by atoms with Crippen LogP contribution in [0.2, 0.25) is 0 Å². The predicted octanol–water partition coefficient (Wildman–Crippen LogP) is 4.34. The van der Waals surface area contributed by atoms with Gasteiger partial charge in [-0.25, -0.2) is 4.79 Å². The molecule has 3 aromatic carbocycles. The molecule has 45 heavy (non-hydrogen) atoms. The van der Waals surface area contributed by atoms with E-state index < -0.39 is 16.8 Å². The maximum Gasteiger partial charge on any atom is 0.338 e. The molecule has 14 nitrogen and oxygen atoms in total. The highest BCUT2D eigenvalue weighted by molar-refractivity contribution is 7.99. The number of esters is 1. The van der Waals surface area contributed by atoms with E-state index in [4.69, 9.17) is 14.2 Å². The van der Waals surface area contributed by atoms with Crippen molar-refractivity contribution in [2.45, 2.75) is 25.5 Å². The first-order valence-electron chi connectivity index (χ1n) is 13.6. The fraction of sp³-hybridized carbons (Fsp3) is 0.233. The van der Waals surface area contributed by atoms with Crippen molar-refractivity contribution in [3.8, 4) is 17.2 Å². The van der Waals surface area contributed by atoms with Crippen molar-refractivity contribution in [3.63, 3.8) is 0 Å². The Bertz CT molecular complexity index is 1720. The Kier molecular flexibility index (Phi) is 10.7. The van der Waals surface area contributed by atoms with E-state index in [1.54, 1.807) is 54.0 Å². The molecule has 4 aromatic rings. The lowest BCUT2D eigenvalue weighted by Crippen LogP contribution is -2.25. The van der Waals surface area contributed by atoms with E-state index in [1.807, 2.05) is 0 Å². The summed E-state index contributed by atoms with van der Waals surface area (Å²) in [7, 11) is 3.01. The molecule has 0 fully saturated rings. The molecule has 0 saturated carbocycles. The molecule has 0 saturated heterocycles. The Morgan fingerprint density at radius 2 is 1.78 bits per heavy atom. The average molecular weight is 635 g/mol. The maximum atomic E-state index is 13.1. The van der Waals surface area contributed by atoms with Crippen LogP contribution in [0, 0.1) is 17.0 Å². The number of amides is 2. The Morgan fingerprint density at radius 1 is 1.02 bits per heavy atom.